The Hall–Kier alpha value is -2.67. The number of carbonyl (C=O) groups is 3. The fourth-order valence-corrected chi connectivity index (χ4v) is 3.47. The highest BCUT2D eigenvalue weighted by atomic mass is 32.1. The summed E-state index contributed by atoms with van der Waals surface area (Å²) in [5.41, 5.74) is 1.07. The van der Waals surface area contributed by atoms with Gasteiger partial charge in [0.15, 0.2) is 0 Å². The third kappa shape index (κ3) is 4.70. The Kier molecular flexibility index (Phi) is 6.01. The van der Waals surface area contributed by atoms with Crippen LogP contribution in [0.4, 0.5) is 5.69 Å². The lowest BCUT2D eigenvalue weighted by Gasteiger charge is -2.15. The number of benzene rings is 1. The molecule has 1 aromatic heterocycles. The third-order valence-corrected chi connectivity index (χ3v) is 5.06. The normalized spacial score (nSPS) is 13.7. The van der Waals surface area contributed by atoms with E-state index in [9.17, 15) is 14.4 Å². The molecule has 7 heteroatoms. The molecule has 1 fully saturated rings. The van der Waals surface area contributed by atoms with E-state index in [1.807, 2.05) is 16.3 Å². The van der Waals surface area contributed by atoms with Gasteiger partial charge in [0.2, 0.25) is 5.91 Å². The highest BCUT2D eigenvalue weighted by molar-refractivity contribution is 7.12. The number of nitrogens with zero attached hydrogens (tertiary/aromatic N) is 1. The zero-order valence-corrected chi connectivity index (χ0v) is 15.2. The number of thiophene rings is 1. The maximum absolute atomic E-state index is 12.3. The van der Waals surface area contributed by atoms with Gasteiger partial charge < -0.3 is 15.5 Å². The van der Waals surface area contributed by atoms with Gasteiger partial charge in [0.25, 0.3) is 11.8 Å². The number of nitrogens with one attached hydrogen (secondary N) is 2. The molecule has 2 N–H and O–H groups in total. The zero-order valence-electron chi connectivity index (χ0n) is 14.4. The maximum atomic E-state index is 12.3. The van der Waals surface area contributed by atoms with Crippen LogP contribution in [-0.2, 0) is 4.79 Å². The van der Waals surface area contributed by atoms with E-state index in [1.165, 1.54) is 11.3 Å². The highest BCUT2D eigenvalue weighted by Crippen LogP contribution is 2.15. The van der Waals surface area contributed by atoms with Crippen molar-refractivity contribution in [3.63, 3.8) is 0 Å². The van der Waals surface area contributed by atoms with Crippen molar-refractivity contribution in [2.75, 3.05) is 25.0 Å². The van der Waals surface area contributed by atoms with Gasteiger partial charge in [-0.05, 0) is 42.5 Å². The summed E-state index contributed by atoms with van der Waals surface area (Å²) in [6, 6.07) is 10.4. The van der Waals surface area contributed by atoms with Crippen molar-refractivity contribution in [2.24, 2.45) is 0 Å². The van der Waals surface area contributed by atoms with Crippen molar-refractivity contribution in [2.45, 2.75) is 19.3 Å². The van der Waals surface area contributed by atoms with Crippen LogP contribution in [0.5, 0.6) is 0 Å². The first-order valence-electron chi connectivity index (χ1n) is 8.64. The monoisotopic (exact) mass is 371 g/mol. The van der Waals surface area contributed by atoms with Gasteiger partial charge in [0, 0.05) is 37.3 Å². The third-order valence-electron chi connectivity index (χ3n) is 4.19. The van der Waals surface area contributed by atoms with Crippen LogP contribution in [-0.4, -0.2) is 42.3 Å². The Labute approximate surface area is 156 Å². The number of amides is 3. The Morgan fingerprint density at radius 1 is 1.15 bits per heavy atom. The number of carbonyl (C=O) groups excluding carboxylic acids is 3. The van der Waals surface area contributed by atoms with Gasteiger partial charge in [0.1, 0.15) is 0 Å². The molecule has 3 amide bonds. The Morgan fingerprint density at radius 3 is 2.77 bits per heavy atom. The summed E-state index contributed by atoms with van der Waals surface area (Å²) < 4.78 is 0. The van der Waals surface area contributed by atoms with Crippen LogP contribution >= 0.6 is 11.3 Å². The van der Waals surface area contributed by atoms with Crippen molar-refractivity contribution >= 4 is 34.7 Å². The largest absolute Gasteiger partial charge is 0.352 e. The fraction of sp³-hybridized carbons (Fsp3) is 0.316. The molecule has 136 valence electrons. The number of hydrogen-bond donors (Lipinski definition) is 2. The van der Waals surface area contributed by atoms with Gasteiger partial charge >= 0.3 is 0 Å². The first-order chi connectivity index (χ1) is 12.6. The van der Waals surface area contributed by atoms with E-state index < -0.39 is 0 Å². The fourth-order valence-electron chi connectivity index (χ4n) is 2.85. The Balaban J connectivity index is 1.48. The number of anilines is 1. The molecule has 1 aliphatic heterocycles. The van der Waals surface area contributed by atoms with Gasteiger partial charge in [0.05, 0.1) is 4.88 Å². The van der Waals surface area contributed by atoms with Crippen molar-refractivity contribution < 1.29 is 14.4 Å². The van der Waals surface area contributed by atoms with Crippen molar-refractivity contribution in [3.05, 3.63) is 52.2 Å². The summed E-state index contributed by atoms with van der Waals surface area (Å²) in [7, 11) is 0. The average Bonchev–Trinajstić information content (AvgIpc) is 3.31. The van der Waals surface area contributed by atoms with E-state index in [0.717, 1.165) is 19.4 Å². The molecule has 0 unspecified atom stereocenters. The van der Waals surface area contributed by atoms with Crippen LogP contribution in [0.25, 0.3) is 0 Å². The smallest absolute Gasteiger partial charge is 0.265 e. The van der Waals surface area contributed by atoms with Crippen LogP contribution < -0.4 is 10.6 Å². The molecule has 6 nitrogen and oxygen atoms in total. The van der Waals surface area contributed by atoms with E-state index in [2.05, 4.69) is 10.6 Å². The van der Waals surface area contributed by atoms with Crippen LogP contribution in [0.15, 0.2) is 41.8 Å². The molecule has 2 heterocycles. The van der Waals surface area contributed by atoms with Crippen molar-refractivity contribution in [1.29, 1.82) is 0 Å². The lowest BCUT2D eigenvalue weighted by Crippen LogP contribution is -2.30. The molecule has 1 aromatic carbocycles. The molecular formula is C19H21N3O3S. The zero-order chi connectivity index (χ0) is 18.4. The average molecular weight is 371 g/mol. The van der Waals surface area contributed by atoms with Gasteiger partial charge in [-0.3, -0.25) is 14.4 Å². The van der Waals surface area contributed by atoms with Crippen LogP contribution in [0.1, 0.15) is 39.3 Å². The van der Waals surface area contributed by atoms with Gasteiger partial charge in [-0.2, -0.15) is 0 Å². The molecule has 0 spiro atoms. The minimum absolute atomic E-state index is 0.187. The summed E-state index contributed by atoms with van der Waals surface area (Å²) in [5.74, 6) is -0.177. The van der Waals surface area contributed by atoms with Gasteiger partial charge in [-0.15, -0.1) is 11.3 Å². The Morgan fingerprint density at radius 2 is 2.04 bits per heavy atom. The van der Waals surface area contributed by atoms with E-state index in [4.69, 9.17) is 0 Å². The summed E-state index contributed by atoms with van der Waals surface area (Å²) in [6.07, 6.45) is 2.29. The summed E-state index contributed by atoms with van der Waals surface area (Å²) >= 11 is 1.37. The molecule has 2 aromatic rings. The second-order valence-corrected chi connectivity index (χ2v) is 7.05. The van der Waals surface area contributed by atoms with E-state index in [1.54, 1.807) is 30.3 Å². The lowest BCUT2D eigenvalue weighted by atomic mass is 10.2. The molecule has 0 saturated carbocycles. The van der Waals surface area contributed by atoms with E-state index >= 15 is 0 Å². The summed E-state index contributed by atoms with van der Waals surface area (Å²) in [5, 5.41) is 7.50. The number of rotatable bonds is 7. The van der Waals surface area contributed by atoms with E-state index in [-0.39, 0.29) is 17.7 Å². The first-order valence-corrected chi connectivity index (χ1v) is 9.52. The summed E-state index contributed by atoms with van der Waals surface area (Å²) in [4.78, 5) is 38.4. The minimum atomic E-state index is -0.190. The summed E-state index contributed by atoms with van der Waals surface area (Å²) in [6.45, 7) is 2.00. The van der Waals surface area contributed by atoms with E-state index in [0.29, 0.717) is 35.6 Å². The highest BCUT2D eigenvalue weighted by Gasteiger charge is 2.19. The topological polar surface area (TPSA) is 78.5 Å². The van der Waals surface area contributed by atoms with Crippen LogP contribution in [0.3, 0.4) is 0 Å². The second kappa shape index (κ2) is 8.62. The molecule has 3 rings (SSSR count). The van der Waals surface area contributed by atoms with Crippen molar-refractivity contribution in [1.82, 2.24) is 10.2 Å². The molecule has 1 aliphatic rings. The van der Waals surface area contributed by atoms with Crippen molar-refractivity contribution in [3.8, 4) is 0 Å². The molecule has 0 bridgehead atoms. The second-order valence-electron chi connectivity index (χ2n) is 6.11. The molecule has 0 atom stereocenters. The maximum Gasteiger partial charge on any atom is 0.265 e. The molecule has 1 saturated heterocycles. The Bertz CT molecular complexity index is 789. The molecule has 0 aliphatic carbocycles. The molecule has 0 radical (unpaired) electrons. The number of hydrogen-bond acceptors (Lipinski definition) is 4. The van der Waals surface area contributed by atoms with Crippen LogP contribution in [0, 0.1) is 0 Å². The van der Waals surface area contributed by atoms with Gasteiger partial charge in [-0.1, -0.05) is 12.1 Å². The predicted octanol–water partition coefficient (Wildman–Crippen LogP) is 2.74. The standard InChI is InChI=1S/C19H21N3O3S/c23-17-8-2-10-22(17)11-4-9-20-18(24)14-5-1-6-15(13-14)21-19(25)16-7-3-12-26-16/h1,3,5-7,12-13H,2,4,8-11H2,(H,20,24)(H,21,25). The minimum Gasteiger partial charge on any atom is -0.352 e. The van der Waals surface area contributed by atoms with Crippen LogP contribution in [0.2, 0.25) is 0 Å². The SMILES string of the molecule is O=C(NCCCN1CCCC1=O)c1cccc(NC(=O)c2cccs2)c1. The predicted molar refractivity (Wildman–Crippen MR) is 101 cm³/mol. The molecular weight excluding hydrogens is 350 g/mol. The first kappa shape index (κ1) is 18.1. The number of likely N-dealkylation sites (tertiary alicyclic amines) is 1. The van der Waals surface area contributed by atoms with Gasteiger partial charge in [-0.25, -0.2) is 0 Å². The quantitative estimate of drug-likeness (QED) is 0.735. The molecule has 26 heavy (non-hydrogen) atoms. The lowest BCUT2D eigenvalue weighted by molar-refractivity contribution is -0.127.